The topological polar surface area (TPSA) is 67.1 Å². The molecule has 1 aromatic carbocycles. The lowest BCUT2D eigenvalue weighted by Gasteiger charge is -2.14. The fraction of sp³-hybridized carbons (Fsp3) is 0.312. The van der Waals surface area contributed by atoms with Crippen molar-refractivity contribution in [3.8, 4) is 0 Å². The van der Waals surface area contributed by atoms with Crippen LogP contribution in [0.3, 0.4) is 0 Å². The van der Waals surface area contributed by atoms with Gasteiger partial charge in [-0.3, -0.25) is 0 Å². The Balaban J connectivity index is 2.08. The van der Waals surface area contributed by atoms with Crippen LogP contribution < -0.4 is 4.90 Å². The van der Waals surface area contributed by atoms with Crippen LogP contribution in [-0.2, 0) is 19.3 Å². The predicted octanol–water partition coefficient (Wildman–Crippen LogP) is 2.45. The van der Waals surface area contributed by atoms with E-state index in [2.05, 4.69) is 15.0 Å². The number of halogens is 3. The highest BCUT2D eigenvalue weighted by Crippen LogP contribution is 2.30. The molecule has 0 bridgehead atoms. The van der Waals surface area contributed by atoms with Gasteiger partial charge >= 0.3 is 6.18 Å². The zero-order valence-electron chi connectivity index (χ0n) is 13.6. The normalized spacial score (nSPS) is 11.9. The van der Waals surface area contributed by atoms with E-state index in [1.807, 2.05) is 0 Å². The molecule has 0 spiro atoms. The van der Waals surface area contributed by atoms with Gasteiger partial charge < -0.3 is 14.6 Å². The number of aromatic nitrogens is 4. The molecule has 132 valence electrons. The quantitative estimate of drug-likeness (QED) is 0.782. The fourth-order valence-corrected chi connectivity index (χ4v) is 2.43. The molecule has 0 atom stereocenters. The molecule has 0 amide bonds. The molecule has 0 saturated heterocycles. The van der Waals surface area contributed by atoms with E-state index in [1.165, 1.54) is 11.2 Å². The number of rotatable bonds is 4. The molecule has 0 saturated carbocycles. The summed E-state index contributed by atoms with van der Waals surface area (Å²) in [7, 11) is 3.21. The second kappa shape index (κ2) is 6.32. The van der Waals surface area contributed by atoms with Gasteiger partial charge in [0.25, 0.3) is 0 Å². The maximum Gasteiger partial charge on any atom is 0.451 e. The summed E-state index contributed by atoms with van der Waals surface area (Å²) in [4.78, 5) is 12.9. The zero-order valence-corrected chi connectivity index (χ0v) is 13.6. The molecule has 0 unspecified atom stereocenters. The number of benzene rings is 1. The van der Waals surface area contributed by atoms with Crippen molar-refractivity contribution < 1.29 is 18.3 Å². The Morgan fingerprint density at radius 1 is 1.08 bits per heavy atom. The number of fused-ring (bicyclic) bond motifs is 1. The van der Waals surface area contributed by atoms with E-state index in [-0.39, 0.29) is 18.1 Å². The minimum atomic E-state index is -4.64. The molecule has 0 aliphatic rings. The van der Waals surface area contributed by atoms with Crippen molar-refractivity contribution in [3.63, 3.8) is 0 Å². The summed E-state index contributed by atoms with van der Waals surface area (Å²) in [6.45, 7) is 0.242. The Morgan fingerprint density at radius 3 is 2.28 bits per heavy atom. The summed E-state index contributed by atoms with van der Waals surface area (Å²) >= 11 is 0. The summed E-state index contributed by atoms with van der Waals surface area (Å²) in [5.74, 6) is -1.08. The van der Waals surface area contributed by atoms with Crippen molar-refractivity contribution >= 4 is 17.0 Å². The van der Waals surface area contributed by atoms with Gasteiger partial charge in [-0.1, -0.05) is 24.3 Å². The van der Waals surface area contributed by atoms with E-state index < -0.39 is 12.0 Å². The molecule has 3 rings (SSSR count). The average molecular weight is 351 g/mol. The summed E-state index contributed by atoms with van der Waals surface area (Å²) in [6.07, 6.45) is -3.19. The Labute approximate surface area is 141 Å². The molecule has 2 heterocycles. The van der Waals surface area contributed by atoms with Gasteiger partial charge in [0.05, 0.1) is 19.5 Å². The maximum absolute atomic E-state index is 13.1. The molecular weight excluding hydrogens is 335 g/mol. The summed E-state index contributed by atoms with van der Waals surface area (Å²) in [5, 5.41) is 9.07. The van der Waals surface area contributed by atoms with E-state index in [4.69, 9.17) is 5.11 Å². The van der Waals surface area contributed by atoms with E-state index in [0.717, 1.165) is 11.1 Å². The van der Waals surface area contributed by atoms with Crippen LogP contribution in [0.2, 0.25) is 0 Å². The van der Waals surface area contributed by atoms with Gasteiger partial charge in [-0.05, 0) is 11.1 Å². The fourth-order valence-electron chi connectivity index (χ4n) is 2.43. The van der Waals surface area contributed by atoms with Crippen molar-refractivity contribution in [2.45, 2.75) is 19.3 Å². The number of anilines is 1. The first kappa shape index (κ1) is 17.2. The van der Waals surface area contributed by atoms with Crippen LogP contribution in [0, 0.1) is 0 Å². The highest BCUT2D eigenvalue weighted by atomic mass is 19.4. The zero-order chi connectivity index (χ0) is 18.2. The number of aliphatic hydroxyl groups excluding tert-OH is 1. The largest absolute Gasteiger partial charge is 0.451 e. The number of hydrogen-bond donors (Lipinski definition) is 1. The van der Waals surface area contributed by atoms with Crippen LogP contribution in [0.15, 0.2) is 30.6 Å². The number of imidazole rings is 1. The third-order valence-electron chi connectivity index (χ3n) is 3.68. The van der Waals surface area contributed by atoms with Crippen LogP contribution in [0.1, 0.15) is 17.0 Å². The second-order valence-corrected chi connectivity index (χ2v) is 5.78. The third-order valence-corrected chi connectivity index (χ3v) is 3.68. The first-order chi connectivity index (χ1) is 11.8. The number of aliphatic hydroxyl groups is 1. The Bertz CT molecular complexity index is 887. The minimum absolute atomic E-state index is 0.0668. The Kier molecular flexibility index (Phi) is 4.34. The second-order valence-electron chi connectivity index (χ2n) is 5.78. The van der Waals surface area contributed by atoms with Crippen molar-refractivity contribution in [2.75, 3.05) is 19.0 Å². The van der Waals surface area contributed by atoms with E-state index in [1.54, 1.807) is 42.9 Å². The SMILES string of the molecule is CN(C)c1nc(C(F)(F)F)nc2c1ncn2Cc1ccc(CO)cc1. The van der Waals surface area contributed by atoms with Crippen molar-refractivity contribution in [2.24, 2.45) is 0 Å². The summed E-state index contributed by atoms with van der Waals surface area (Å²) in [5.41, 5.74) is 2.05. The average Bonchev–Trinajstić information content (AvgIpc) is 2.96. The van der Waals surface area contributed by atoms with Gasteiger partial charge in [-0.2, -0.15) is 13.2 Å². The predicted molar refractivity (Wildman–Crippen MR) is 86.1 cm³/mol. The monoisotopic (exact) mass is 351 g/mol. The van der Waals surface area contributed by atoms with Crippen molar-refractivity contribution in [1.29, 1.82) is 0 Å². The number of hydrogen-bond acceptors (Lipinski definition) is 5. The highest BCUT2D eigenvalue weighted by molar-refractivity contribution is 5.83. The molecule has 1 N–H and O–H groups in total. The van der Waals surface area contributed by atoms with Crippen molar-refractivity contribution in [1.82, 2.24) is 19.5 Å². The number of nitrogens with zero attached hydrogens (tertiary/aromatic N) is 5. The van der Waals surface area contributed by atoms with Gasteiger partial charge in [0.15, 0.2) is 17.0 Å². The van der Waals surface area contributed by atoms with Crippen LogP contribution in [0.4, 0.5) is 19.0 Å². The van der Waals surface area contributed by atoms with Gasteiger partial charge in [0.2, 0.25) is 5.82 Å². The van der Waals surface area contributed by atoms with E-state index in [9.17, 15) is 13.2 Å². The minimum Gasteiger partial charge on any atom is -0.392 e. The lowest BCUT2D eigenvalue weighted by atomic mass is 10.1. The molecule has 2 aromatic heterocycles. The molecule has 0 radical (unpaired) electrons. The van der Waals surface area contributed by atoms with Gasteiger partial charge in [-0.15, -0.1) is 0 Å². The lowest BCUT2D eigenvalue weighted by molar-refractivity contribution is -0.144. The first-order valence-electron chi connectivity index (χ1n) is 7.45. The summed E-state index contributed by atoms with van der Waals surface area (Å²) < 4.78 is 40.9. The van der Waals surface area contributed by atoms with Crippen LogP contribution in [-0.4, -0.2) is 38.7 Å². The van der Waals surface area contributed by atoms with Crippen LogP contribution in [0.25, 0.3) is 11.2 Å². The third kappa shape index (κ3) is 3.41. The lowest BCUT2D eigenvalue weighted by Crippen LogP contribution is -2.18. The molecule has 0 aliphatic carbocycles. The van der Waals surface area contributed by atoms with Gasteiger partial charge in [-0.25, -0.2) is 15.0 Å². The highest BCUT2D eigenvalue weighted by Gasteiger charge is 2.36. The smallest absolute Gasteiger partial charge is 0.392 e. The van der Waals surface area contributed by atoms with Gasteiger partial charge in [0, 0.05) is 14.1 Å². The molecular formula is C16H16F3N5O. The summed E-state index contributed by atoms with van der Waals surface area (Å²) in [6, 6.07) is 7.12. The molecule has 0 aliphatic heterocycles. The molecule has 9 heteroatoms. The Morgan fingerprint density at radius 2 is 1.72 bits per heavy atom. The Hall–Kier alpha value is -2.68. The molecule has 0 fully saturated rings. The van der Waals surface area contributed by atoms with E-state index >= 15 is 0 Å². The maximum atomic E-state index is 13.1. The van der Waals surface area contributed by atoms with Gasteiger partial charge in [0.1, 0.15) is 0 Å². The van der Waals surface area contributed by atoms with Crippen LogP contribution >= 0.6 is 0 Å². The molecule has 6 nitrogen and oxygen atoms in total. The van der Waals surface area contributed by atoms with Crippen molar-refractivity contribution in [3.05, 3.63) is 47.5 Å². The molecule has 3 aromatic rings. The standard InChI is InChI=1S/C16H16F3N5O/c1-23(2)13-12-14(22-15(21-13)16(17,18)19)24(9-20-12)7-10-3-5-11(8-25)6-4-10/h3-6,9,25H,7-8H2,1-2H3. The molecule has 25 heavy (non-hydrogen) atoms. The first-order valence-corrected chi connectivity index (χ1v) is 7.45. The van der Waals surface area contributed by atoms with E-state index in [0.29, 0.717) is 12.1 Å². The number of alkyl halides is 3. The van der Waals surface area contributed by atoms with Crippen LogP contribution in [0.5, 0.6) is 0 Å².